The molecule has 0 aromatic heterocycles. The fourth-order valence-corrected chi connectivity index (χ4v) is 2.63. The van der Waals surface area contributed by atoms with Crippen LogP contribution in [0.1, 0.15) is 18.1 Å². The first-order valence-corrected chi connectivity index (χ1v) is 8.33. The minimum Gasteiger partial charge on any atom is -0.497 e. The number of likely N-dealkylation sites (N-methyl/N-ethyl adjacent to an activating group) is 1. The van der Waals surface area contributed by atoms with E-state index >= 15 is 0 Å². The van der Waals surface area contributed by atoms with E-state index in [0.717, 1.165) is 29.1 Å². The SMILES string of the molecule is CCN(CCOC(=O)Oc1cc(C)cc(C)c1)c1cccc(OC)c1. The summed E-state index contributed by atoms with van der Waals surface area (Å²) in [4.78, 5) is 14.0. The first-order valence-electron chi connectivity index (χ1n) is 8.33. The van der Waals surface area contributed by atoms with Crippen molar-refractivity contribution in [3.63, 3.8) is 0 Å². The van der Waals surface area contributed by atoms with Gasteiger partial charge in [-0.25, -0.2) is 4.79 Å². The Kier molecular flexibility index (Phi) is 6.69. The van der Waals surface area contributed by atoms with Gasteiger partial charge in [0, 0.05) is 18.3 Å². The maximum atomic E-state index is 11.9. The zero-order valence-electron chi connectivity index (χ0n) is 15.2. The summed E-state index contributed by atoms with van der Waals surface area (Å²) < 4.78 is 15.7. The average molecular weight is 343 g/mol. The molecule has 0 saturated carbocycles. The minimum absolute atomic E-state index is 0.245. The van der Waals surface area contributed by atoms with Crippen molar-refractivity contribution in [2.24, 2.45) is 0 Å². The van der Waals surface area contributed by atoms with Gasteiger partial charge in [0.25, 0.3) is 0 Å². The molecule has 0 amide bonds. The van der Waals surface area contributed by atoms with E-state index in [4.69, 9.17) is 14.2 Å². The summed E-state index contributed by atoms with van der Waals surface area (Å²) in [5, 5.41) is 0. The van der Waals surface area contributed by atoms with Gasteiger partial charge in [0.15, 0.2) is 0 Å². The van der Waals surface area contributed by atoms with Crippen LogP contribution in [0.25, 0.3) is 0 Å². The number of rotatable bonds is 7. The van der Waals surface area contributed by atoms with Crippen LogP contribution in [0, 0.1) is 13.8 Å². The first-order chi connectivity index (χ1) is 12.0. The van der Waals surface area contributed by atoms with Gasteiger partial charge in [0.1, 0.15) is 18.1 Å². The molecule has 134 valence electrons. The van der Waals surface area contributed by atoms with E-state index in [1.807, 2.05) is 63.2 Å². The fourth-order valence-electron chi connectivity index (χ4n) is 2.63. The lowest BCUT2D eigenvalue weighted by atomic mass is 10.1. The van der Waals surface area contributed by atoms with E-state index in [1.165, 1.54) is 0 Å². The van der Waals surface area contributed by atoms with Crippen LogP contribution in [0.4, 0.5) is 10.5 Å². The Morgan fingerprint density at radius 2 is 1.76 bits per heavy atom. The zero-order chi connectivity index (χ0) is 18.2. The molecule has 0 saturated heterocycles. The Morgan fingerprint density at radius 1 is 1.04 bits per heavy atom. The van der Waals surface area contributed by atoms with Gasteiger partial charge < -0.3 is 19.1 Å². The Morgan fingerprint density at radius 3 is 2.40 bits per heavy atom. The molecule has 0 fully saturated rings. The Balaban J connectivity index is 1.86. The molecule has 2 rings (SSSR count). The van der Waals surface area contributed by atoms with Crippen molar-refractivity contribution in [3.05, 3.63) is 53.6 Å². The second-order valence-electron chi connectivity index (χ2n) is 5.81. The molecular formula is C20H25NO4. The molecule has 0 aliphatic carbocycles. The van der Waals surface area contributed by atoms with Crippen molar-refractivity contribution in [2.75, 3.05) is 31.7 Å². The molecule has 0 N–H and O–H groups in total. The van der Waals surface area contributed by atoms with E-state index in [9.17, 15) is 4.79 Å². The quantitative estimate of drug-likeness (QED) is 0.552. The highest BCUT2D eigenvalue weighted by molar-refractivity contribution is 5.64. The molecule has 0 aliphatic rings. The molecule has 0 unspecified atom stereocenters. The largest absolute Gasteiger partial charge is 0.513 e. The van der Waals surface area contributed by atoms with Crippen LogP contribution in [0.5, 0.6) is 11.5 Å². The van der Waals surface area contributed by atoms with Crippen molar-refractivity contribution in [2.45, 2.75) is 20.8 Å². The van der Waals surface area contributed by atoms with Crippen molar-refractivity contribution in [1.29, 1.82) is 0 Å². The summed E-state index contributed by atoms with van der Waals surface area (Å²) in [6.45, 7) is 7.58. The van der Waals surface area contributed by atoms with Crippen LogP contribution in [0.2, 0.25) is 0 Å². The number of hydrogen-bond acceptors (Lipinski definition) is 5. The van der Waals surface area contributed by atoms with Crippen molar-refractivity contribution >= 4 is 11.8 Å². The maximum Gasteiger partial charge on any atom is 0.513 e. The zero-order valence-corrected chi connectivity index (χ0v) is 15.2. The number of methoxy groups -OCH3 is 1. The van der Waals surface area contributed by atoms with Gasteiger partial charge in [-0.3, -0.25) is 0 Å². The topological polar surface area (TPSA) is 48.0 Å². The van der Waals surface area contributed by atoms with Crippen LogP contribution in [0.15, 0.2) is 42.5 Å². The number of carbonyl (C=O) groups excluding carboxylic acids is 1. The number of aryl methyl sites for hydroxylation is 2. The maximum absolute atomic E-state index is 11.9. The molecule has 5 nitrogen and oxygen atoms in total. The van der Waals surface area contributed by atoms with Crippen molar-refractivity contribution in [3.8, 4) is 11.5 Å². The second-order valence-corrected chi connectivity index (χ2v) is 5.81. The van der Waals surface area contributed by atoms with Gasteiger partial charge in [-0.15, -0.1) is 0 Å². The van der Waals surface area contributed by atoms with Gasteiger partial charge in [0.05, 0.1) is 13.7 Å². The molecule has 2 aromatic carbocycles. The monoisotopic (exact) mass is 343 g/mol. The normalized spacial score (nSPS) is 10.2. The summed E-state index contributed by atoms with van der Waals surface area (Å²) in [5.74, 6) is 1.30. The highest BCUT2D eigenvalue weighted by atomic mass is 16.7. The molecule has 25 heavy (non-hydrogen) atoms. The highest BCUT2D eigenvalue weighted by Gasteiger charge is 2.10. The van der Waals surface area contributed by atoms with Gasteiger partial charge in [-0.2, -0.15) is 0 Å². The van der Waals surface area contributed by atoms with E-state index in [0.29, 0.717) is 12.3 Å². The Bertz CT molecular complexity index is 694. The van der Waals surface area contributed by atoms with Gasteiger partial charge in [-0.1, -0.05) is 12.1 Å². The number of ether oxygens (including phenoxy) is 3. The summed E-state index contributed by atoms with van der Waals surface area (Å²) >= 11 is 0. The second kappa shape index (κ2) is 8.97. The first kappa shape index (κ1) is 18.6. The molecule has 2 aromatic rings. The molecule has 5 heteroatoms. The molecule has 0 heterocycles. The number of hydrogen-bond donors (Lipinski definition) is 0. The van der Waals surface area contributed by atoms with Gasteiger partial charge in [-0.05, 0) is 56.2 Å². The smallest absolute Gasteiger partial charge is 0.497 e. The summed E-state index contributed by atoms with van der Waals surface area (Å²) in [5.41, 5.74) is 3.10. The number of benzene rings is 2. The molecule has 0 radical (unpaired) electrons. The van der Waals surface area contributed by atoms with E-state index < -0.39 is 6.16 Å². The van der Waals surface area contributed by atoms with Crippen LogP contribution in [-0.4, -0.2) is 33.0 Å². The van der Waals surface area contributed by atoms with Gasteiger partial charge >= 0.3 is 6.16 Å². The van der Waals surface area contributed by atoms with Crippen molar-refractivity contribution in [1.82, 2.24) is 0 Å². The number of carbonyl (C=O) groups is 1. The van der Waals surface area contributed by atoms with Crippen molar-refractivity contribution < 1.29 is 19.0 Å². The van der Waals surface area contributed by atoms with Crippen LogP contribution < -0.4 is 14.4 Å². The average Bonchev–Trinajstić information content (AvgIpc) is 2.58. The lowest BCUT2D eigenvalue weighted by molar-refractivity contribution is 0.101. The summed E-state index contributed by atoms with van der Waals surface area (Å²) in [6.07, 6.45) is -0.688. The molecule has 0 spiro atoms. The molecule has 0 aliphatic heterocycles. The molecular weight excluding hydrogens is 318 g/mol. The lowest BCUT2D eigenvalue weighted by Crippen LogP contribution is -2.28. The van der Waals surface area contributed by atoms with E-state index in [1.54, 1.807) is 7.11 Å². The molecule has 0 bridgehead atoms. The predicted octanol–water partition coefficient (Wildman–Crippen LogP) is 4.35. The summed E-state index contributed by atoms with van der Waals surface area (Å²) in [7, 11) is 1.64. The lowest BCUT2D eigenvalue weighted by Gasteiger charge is -2.23. The third-order valence-corrected chi connectivity index (χ3v) is 3.78. The van der Waals surface area contributed by atoms with E-state index in [-0.39, 0.29) is 6.61 Å². The van der Waals surface area contributed by atoms with Gasteiger partial charge in [0.2, 0.25) is 0 Å². The van der Waals surface area contributed by atoms with Crippen LogP contribution in [0.3, 0.4) is 0 Å². The fraction of sp³-hybridized carbons (Fsp3) is 0.350. The van der Waals surface area contributed by atoms with Crippen LogP contribution in [-0.2, 0) is 4.74 Å². The third kappa shape index (κ3) is 5.71. The van der Waals surface area contributed by atoms with Crippen LogP contribution >= 0.6 is 0 Å². The number of nitrogens with zero attached hydrogens (tertiary/aromatic N) is 1. The standard InChI is InChI=1S/C20H25NO4/c1-5-21(17-7-6-8-18(14-17)23-4)9-10-24-20(22)25-19-12-15(2)11-16(3)13-19/h6-8,11-14H,5,9-10H2,1-4H3. The predicted molar refractivity (Wildman–Crippen MR) is 98.8 cm³/mol. The van der Waals surface area contributed by atoms with E-state index in [2.05, 4.69) is 4.90 Å². The highest BCUT2D eigenvalue weighted by Crippen LogP contribution is 2.21. The molecule has 0 atom stereocenters. The third-order valence-electron chi connectivity index (χ3n) is 3.78. The number of anilines is 1. The Labute approximate surface area is 149 Å². The summed E-state index contributed by atoms with van der Waals surface area (Å²) in [6, 6.07) is 13.4. The Hall–Kier alpha value is -2.69. The minimum atomic E-state index is -0.688.